The van der Waals surface area contributed by atoms with Crippen molar-refractivity contribution in [1.82, 2.24) is 0 Å². The lowest BCUT2D eigenvalue weighted by atomic mass is 10.2. The highest BCUT2D eigenvalue weighted by molar-refractivity contribution is 8.00. The lowest BCUT2D eigenvalue weighted by molar-refractivity contribution is -0.144. The third kappa shape index (κ3) is 5.49. The fourth-order valence-corrected chi connectivity index (χ4v) is 3.69. The van der Waals surface area contributed by atoms with Crippen LogP contribution >= 0.6 is 11.8 Å². The lowest BCUT2D eigenvalue weighted by Crippen LogP contribution is -2.24. The van der Waals surface area contributed by atoms with Crippen molar-refractivity contribution in [1.29, 1.82) is 0 Å². The molecule has 0 spiro atoms. The van der Waals surface area contributed by atoms with E-state index in [1.54, 1.807) is 6.92 Å². The molecule has 0 saturated heterocycles. The SMILES string of the molecule is COC(=O)C(C)CS(=O)(=O)CCSC. The second-order valence-electron chi connectivity index (χ2n) is 3.03. The maximum atomic E-state index is 11.4. The van der Waals surface area contributed by atoms with Crippen molar-refractivity contribution in [2.45, 2.75) is 6.92 Å². The Morgan fingerprint density at radius 1 is 1.50 bits per heavy atom. The maximum Gasteiger partial charge on any atom is 0.309 e. The highest BCUT2D eigenvalue weighted by atomic mass is 32.2. The number of sulfone groups is 1. The van der Waals surface area contributed by atoms with Gasteiger partial charge in [0.05, 0.1) is 24.5 Å². The van der Waals surface area contributed by atoms with Crippen molar-refractivity contribution in [2.75, 3.05) is 30.6 Å². The van der Waals surface area contributed by atoms with Gasteiger partial charge in [-0.1, -0.05) is 6.92 Å². The first-order valence-corrected chi connectivity index (χ1v) is 7.41. The molecule has 1 unspecified atom stereocenters. The Bertz CT molecular complexity index is 271. The molecule has 0 amide bonds. The highest BCUT2D eigenvalue weighted by Crippen LogP contribution is 2.06. The largest absolute Gasteiger partial charge is 0.469 e. The van der Waals surface area contributed by atoms with E-state index in [2.05, 4.69) is 4.74 Å². The number of esters is 1. The van der Waals surface area contributed by atoms with Crippen LogP contribution in [-0.4, -0.2) is 45.0 Å². The van der Waals surface area contributed by atoms with Crippen molar-refractivity contribution in [3.8, 4) is 0 Å². The summed E-state index contributed by atoms with van der Waals surface area (Å²) in [5, 5.41) is 0. The molecule has 0 aromatic rings. The fourth-order valence-electron chi connectivity index (χ4n) is 0.944. The topological polar surface area (TPSA) is 60.4 Å². The smallest absolute Gasteiger partial charge is 0.309 e. The Morgan fingerprint density at radius 2 is 2.07 bits per heavy atom. The average Bonchev–Trinajstić information content (AvgIpc) is 2.12. The number of hydrogen-bond donors (Lipinski definition) is 0. The molecule has 0 aliphatic carbocycles. The van der Waals surface area contributed by atoms with Gasteiger partial charge in [0.25, 0.3) is 0 Å². The summed E-state index contributed by atoms with van der Waals surface area (Å²) in [6.07, 6.45) is 1.85. The minimum Gasteiger partial charge on any atom is -0.469 e. The van der Waals surface area contributed by atoms with Crippen LogP contribution in [0.3, 0.4) is 0 Å². The molecule has 0 heterocycles. The van der Waals surface area contributed by atoms with Gasteiger partial charge in [-0.25, -0.2) is 8.42 Å². The van der Waals surface area contributed by atoms with Crippen LogP contribution in [0, 0.1) is 5.92 Å². The summed E-state index contributed by atoms with van der Waals surface area (Å²) in [4.78, 5) is 11.0. The lowest BCUT2D eigenvalue weighted by Gasteiger charge is -2.09. The zero-order chi connectivity index (χ0) is 11.2. The summed E-state index contributed by atoms with van der Waals surface area (Å²) in [7, 11) is -1.86. The highest BCUT2D eigenvalue weighted by Gasteiger charge is 2.21. The van der Waals surface area contributed by atoms with Crippen LogP contribution in [0.25, 0.3) is 0 Å². The van der Waals surface area contributed by atoms with Gasteiger partial charge in [-0.15, -0.1) is 0 Å². The van der Waals surface area contributed by atoms with Gasteiger partial charge in [-0.2, -0.15) is 11.8 Å². The Balaban J connectivity index is 4.15. The van der Waals surface area contributed by atoms with Crippen LogP contribution < -0.4 is 0 Å². The average molecular weight is 240 g/mol. The Hall–Kier alpha value is -0.230. The number of ether oxygens (including phenoxy) is 1. The third-order valence-corrected chi connectivity index (χ3v) is 4.41. The van der Waals surface area contributed by atoms with Crippen molar-refractivity contribution in [3.05, 3.63) is 0 Å². The molecule has 0 radical (unpaired) electrons. The number of carbonyl (C=O) groups is 1. The molecule has 6 heteroatoms. The third-order valence-electron chi connectivity index (χ3n) is 1.71. The predicted octanol–water partition coefficient (Wildman–Crippen LogP) is 0.573. The molecule has 0 aliphatic heterocycles. The van der Waals surface area contributed by atoms with E-state index >= 15 is 0 Å². The number of carbonyl (C=O) groups excluding carboxylic acids is 1. The molecule has 0 bridgehead atoms. The van der Waals surface area contributed by atoms with E-state index in [9.17, 15) is 13.2 Å². The summed E-state index contributed by atoms with van der Waals surface area (Å²) in [6.45, 7) is 1.56. The van der Waals surface area contributed by atoms with Crippen LogP contribution in [0.2, 0.25) is 0 Å². The van der Waals surface area contributed by atoms with E-state index in [1.807, 2.05) is 6.26 Å². The predicted molar refractivity (Wildman–Crippen MR) is 58.2 cm³/mol. The first-order chi connectivity index (χ1) is 6.43. The maximum absolute atomic E-state index is 11.4. The van der Waals surface area contributed by atoms with Crippen LogP contribution in [0.4, 0.5) is 0 Å². The number of rotatable bonds is 6. The summed E-state index contributed by atoms with van der Waals surface area (Å²) in [5.41, 5.74) is 0. The normalized spacial score (nSPS) is 13.6. The molecule has 1 atom stereocenters. The molecule has 4 nitrogen and oxygen atoms in total. The van der Waals surface area contributed by atoms with Gasteiger partial charge in [0.1, 0.15) is 0 Å². The van der Waals surface area contributed by atoms with E-state index < -0.39 is 21.7 Å². The van der Waals surface area contributed by atoms with E-state index in [1.165, 1.54) is 18.9 Å². The van der Waals surface area contributed by atoms with Crippen LogP contribution in [0.5, 0.6) is 0 Å². The van der Waals surface area contributed by atoms with Gasteiger partial charge < -0.3 is 4.74 Å². The fraction of sp³-hybridized carbons (Fsp3) is 0.875. The standard InChI is InChI=1S/C8H16O4S2/c1-7(8(9)12-2)6-14(10,11)5-4-13-3/h7H,4-6H2,1-3H3. The number of methoxy groups -OCH3 is 1. The monoisotopic (exact) mass is 240 g/mol. The molecular formula is C8H16O4S2. The van der Waals surface area contributed by atoms with Gasteiger partial charge in [0, 0.05) is 5.75 Å². The van der Waals surface area contributed by atoms with Crippen molar-refractivity contribution < 1.29 is 17.9 Å². The van der Waals surface area contributed by atoms with Crippen molar-refractivity contribution in [3.63, 3.8) is 0 Å². The Kier molecular flexibility index (Phi) is 6.19. The molecule has 0 aliphatic rings. The van der Waals surface area contributed by atoms with E-state index in [-0.39, 0.29) is 11.5 Å². The minimum atomic E-state index is -3.12. The molecule has 14 heavy (non-hydrogen) atoms. The van der Waals surface area contributed by atoms with Gasteiger partial charge >= 0.3 is 5.97 Å². The number of thioether (sulfide) groups is 1. The van der Waals surface area contributed by atoms with Crippen molar-refractivity contribution >= 4 is 27.6 Å². The molecule has 84 valence electrons. The van der Waals surface area contributed by atoms with Crippen LogP contribution in [0.1, 0.15) is 6.92 Å². The zero-order valence-corrected chi connectivity index (χ0v) is 10.3. The summed E-state index contributed by atoms with van der Waals surface area (Å²) < 4.78 is 27.3. The quantitative estimate of drug-likeness (QED) is 0.635. The van der Waals surface area contributed by atoms with E-state index in [4.69, 9.17) is 0 Å². The molecular weight excluding hydrogens is 224 g/mol. The van der Waals surface area contributed by atoms with Gasteiger partial charge in [-0.05, 0) is 6.26 Å². The Morgan fingerprint density at radius 3 is 2.50 bits per heavy atom. The minimum absolute atomic E-state index is 0.121. The van der Waals surface area contributed by atoms with E-state index in [0.717, 1.165) is 0 Å². The first-order valence-electron chi connectivity index (χ1n) is 4.20. The zero-order valence-electron chi connectivity index (χ0n) is 8.65. The number of hydrogen-bond acceptors (Lipinski definition) is 5. The summed E-state index contributed by atoms with van der Waals surface area (Å²) in [6, 6.07) is 0. The Labute approximate surface area is 89.3 Å². The van der Waals surface area contributed by atoms with E-state index in [0.29, 0.717) is 5.75 Å². The second-order valence-corrected chi connectivity index (χ2v) is 6.25. The van der Waals surface area contributed by atoms with Gasteiger partial charge in [-0.3, -0.25) is 4.79 Å². The van der Waals surface area contributed by atoms with Gasteiger partial charge in [0.2, 0.25) is 0 Å². The molecule has 0 fully saturated rings. The van der Waals surface area contributed by atoms with Crippen LogP contribution in [0.15, 0.2) is 0 Å². The van der Waals surface area contributed by atoms with Gasteiger partial charge in [0.15, 0.2) is 9.84 Å². The molecule has 0 saturated carbocycles. The second kappa shape index (κ2) is 6.29. The first kappa shape index (κ1) is 13.8. The molecule has 0 rings (SSSR count). The molecule has 0 aromatic heterocycles. The van der Waals surface area contributed by atoms with Crippen LogP contribution in [-0.2, 0) is 19.4 Å². The summed E-state index contributed by atoms with van der Waals surface area (Å²) in [5.74, 6) is -0.490. The van der Waals surface area contributed by atoms with Crippen molar-refractivity contribution in [2.24, 2.45) is 5.92 Å². The molecule has 0 N–H and O–H groups in total. The molecule has 0 aromatic carbocycles. The summed E-state index contributed by atoms with van der Waals surface area (Å²) >= 11 is 1.47.